The Morgan fingerprint density at radius 3 is 2.31 bits per heavy atom. The summed E-state index contributed by atoms with van der Waals surface area (Å²) in [5.74, 6) is 3.38. The summed E-state index contributed by atoms with van der Waals surface area (Å²) >= 11 is 0. The van der Waals surface area contributed by atoms with Crippen molar-refractivity contribution in [2.45, 2.75) is 44.8 Å². The van der Waals surface area contributed by atoms with Gasteiger partial charge in [0.05, 0.1) is 6.61 Å². The summed E-state index contributed by atoms with van der Waals surface area (Å²) in [4.78, 5) is 0. The molecule has 1 N–H and O–H groups in total. The number of hydrogen-bond acceptors (Lipinski definition) is 4. The predicted octanol–water partition coefficient (Wildman–Crippen LogP) is 5.75. The van der Waals surface area contributed by atoms with Crippen LogP contribution in [0, 0.1) is 12.3 Å². The molecule has 1 aliphatic heterocycles. The van der Waals surface area contributed by atoms with E-state index in [9.17, 15) is 0 Å². The molecule has 4 rings (SSSR count). The van der Waals surface area contributed by atoms with Crippen molar-refractivity contribution in [1.29, 1.82) is 0 Å². The van der Waals surface area contributed by atoms with Gasteiger partial charge in [0, 0.05) is 17.8 Å². The fourth-order valence-corrected chi connectivity index (χ4v) is 4.01. The Balaban J connectivity index is 1.61. The molecule has 2 atom stereocenters. The summed E-state index contributed by atoms with van der Waals surface area (Å²) in [6, 6.07) is 26.6. The van der Waals surface area contributed by atoms with Crippen LogP contribution in [-0.2, 0) is 22.6 Å². The molecule has 0 bridgehead atoms. The Morgan fingerprint density at radius 2 is 1.62 bits per heavy atom. The van der Waals surface area contributed by atoms with E-state index in [4.69, 9.17) is 20.6 Å². The summed E-state index contributed by atoms with van der Waals surface area (Å²) in [6.07, 6.45) is 4.82. The van der Waals surface area contributed by atoms with Crippen LogP contribution < -0.4 is 10.1 Å². The number of fused-ring (bicyclic) bond motifs is 1. The van der Waals surface area contributed by atoms with Crippen molar-refractivity contribution < 1.29 is 14.2 Å². The van der Waals surface area contributed by atoms with Gasteiger partial charge in [-0.25, -0.2) is 0 Å². The van der Waals surface area contributed by atoms with E-state index < -0.39 is 5.60 Å². The molecule has 2 unspecified atom stereocenters. The summed E-state index contributed by atoms with van der Waals surface area (Å²) in [5, 5.41) is 3.50. The Labute approximate surface area is 190 Å². The number of ether oxygens (including phenoxy) is 3. The molecular formula is C28H29NO3. The lowest BCUT2D eigenvalue weighted by Gasteiger charge is -2.44. The first kappa shape index (κ1) is 22.0. The number of nitrogens with one attached hydrogen (secondary N) is 1. The molecule has 3 aromatic carbocycles. The topological polar surface area (TPSA) is 39.7 Å². The molecule has 0 aromatic heterocycles. The highest BCUT2D eigenvalue weighted by Gasteiger charge is 2.45. The van der Waals surface area contributed by atoms with Gasteiger partial charge >= 0.3 is 0 Å². The molecule has 0 saturated carbocycles. The monoisotopic (exact) mass is 427 g/mol. The van der Waals surface area contributed by atoms with E-state index in [0.717, 1.165) is 29.1 Å². The number of anilines is 1. The third-order valence-corrected chi connectivity index (χ3v) is 5.61. The molecule has 3 aromatic rings. The standard InChI is InChI=1S/C28H29NO3/c1-4-17-30-27-26(31-20-22-13-9-6-10-14-22)24-18-23(15-16-25(24)32-28(27,2)3)29-19-21-11-7-5-8-12-21/h1,5-16,18,26-27,29H,17,19-20H2,2-3H3. The van der Waals surface area contributed by atoms with Crippen LogP contribution in [0.4, 0.5) is 5.69 Å². The SMILES string of the molecule is C#CCOC1C(OCc2ccccc2)c2cc(NCc3ccccc3)ccc2OC1(C)C. The molecule has 1 heterocycles. The number of rotatable bonds is 8. The molecule has 4 heteroatoms. The molecule has 0 saturated heterocycles. The quantitative estimate of drug-likeness (QED) is 0.465. The van der Waals surface area contributed by atoms with Gasteiger partial charge in [-0.3, -0.25) is 0 Å². The fraction of sp³-hybridized carbons (Fsp3) is 0.286. The molecule has 1 aliphatic rings. The lowest BCUT2D eigenvalue weighted by atomic mass is 9.87. The Hall–Kier alpha value is -3.26. The van der Waals surface area contributed by atoms with Crippen LogP contribution in [0.15, 0.2) is 78.9 Å². The summed E-state index contributed by atoms with van der Waals surface area (Å²) in [6.45, 7) is 5.43. The zero-order valence-corrected chi connectivity index (χ0v) is 18.6. The highest BCUT2D eigenvalue weighted by Crippen LogP contribution is 2.44. The van der Waals surface area contributed by atoms with Crippen LogP contribution in [0.1, 0.15) is 36.6 Å². The summed E-state index contributed by atoms with van der Waals surface area (Å²) in [7, 11) is 0. The minimum Gasteiger partial charge on any atom is -0.485 e. The van der Waals surface area contributed by atoms with Gasteiger partial charge in [0.15, 0.2) is 0 Å². The maximum absolute atomic E-state index is 6.46. The van der Waals surface area contributed by atoms with E-state index in [-0.39, 0.29) is 18.8 Å². The van der Waals surface area contributed by atoms with Crippen molar-refractivity contribution >= 4 is 5.69 Å². The molecular weight excluding hydrogens is 398 g/mol. The van der Waals surface area contributed by atoms with Gasteiger partial charge in [-0.1, -0.05) is 66.6 Å². The zero-order valence-electron chi connectivity index (χ0n) is 18.6. The molecule has 164 valence electrons. The molecule has 0 aliphatic carbocycles. The normalized spacial score (nSPS) is 18.8. The van der Waals surface area contributed by atoms with E-state index in [1.165, 1.54) is 5.56 Å². The van der Waals surface area contributed by atoms with Gasteiger partial charge in [-0.15, -0.1) is 6.42 Å². The van der Waals surface area contributed by atoms with E-state index >= 15 is 0 Å². The minimum absolute atomic E-state index is 0.198. The van der Waals surface area contributed by atoms with Crippen molar-refractivity contribution in [3.8, 4) is 18.1 Å². The second-order valence-electron chi connectivity index (χ2n) is 8.45. The average molecular weight is 428 g/mol. The van der Waals surface area contributed by atoms with Crippen LogP contribution >= 0.6 is 0 Å². The molecule has 0 fully saturated rings. The second kappa shape index (κ2) is 9.91. The second-order valence-corrected chi connectivity index (χ2v) is 8.45. The maximum atomic E-state index is 6.46. The van der Waals surface area contributed by atoms with Crippen molar-refractivity contribution in [2.24, 2.45) is 0 Å². The molecule has 4 nitrogen and oxygen atoms in total. The highest BCUT2D eigenvalue weighted by molar-refractivity contribution is 5.54. The summed E-state index contributed by atoms with van der Waals surface area (Å²) < 4.78 is 18.9. The Kier molecular flexibility index (Phi) is 6.80. The molecule has 0 amide bonds. The minimum atomic E-state index is -0.593. The van der Waals surface area contributed by atoms with E-state index in [2.05, 4.69) is 41.6 Å². The van der Waals surface area contributed by atoms with Gasteiger partial charge in [0.1, 0.15) is 30.2 Å². The largest absolute Gasteiger partial charge is 0.485 e. The third-order valence-electron chi connectivity index (χ3n) is 5.61. The van der Waals surface area contributed by atoms with Gasteiger partial charge < -0.3 is 19.5 Å². The number of benzene rings is 3. The van der Waals surface area contributed by atoms with Crippen molar-refractivity contribution in [2.75, 3.05) is 11.9 Å². The van der Waals surface area contributed by atoms with Crippen LogP contribution in [0.25, 0.3) is 0 Å². The van der Waals surface area contributed by atoms with Crippen LogP contribution in [0.3, 0.4) is 0 Å². The average Bonchev–Trinajstić information content (AvgIpc) is 2.81. The molecule has 32 heavy (non-hydrogen) atoms. The Morgan fingerprint density at radius 1 is 0.938 bits per heavy atom. The van der Waals surface area contributed by atoms with E-state index in [1.54, 1.807) is 0 Å². The smallest absolute Gasteiger partial charge is 0.132 e. The van der Waals surface area contributed by atoms with Crippen LogP contribution in [0.5, 0.6) is 5.75 Å². The van der Waals surface area contributed by atoms with Crippen molar-refractivity contribution in [3.63, 3.8) is 0 Å². The zero-order chi connectivity index (χ0) is 22.4. The third kappa shape index (κ3) is 5.13. The lowest BCUT2D eigenvalue weighted by molar-refractivity contribution is -0.160. The lowest BCUT2D eigenvalue weighted by Crippen LogP contribution is -2.51. The molecule has 0 spiro atoms. The first-order valence-electron chi connectivity index (χ1n) is 10.9. The maximum Gasteiger partial charge on any atom is 0.132 e. The first-order valence-corrected chi connectivity index (χ1v) is 10.9. The van der Waals surface area contributed by atoms with E-state index in [1.807, 2.05) is 62.4 Å². The van der Waals surface area contributed by atoms with Crippen molar-refractivity contribution in [1.82, 2.24) is 0 Å². The highest BCUT2D eigenvalue weighted by atomic mass is 16.6. The van der Waals surface area contributed by atoms with Gasteiger partial charge in [0.2, 0.25) is 0 Å². The predicted molar refractivity (Wildman–Crippen MR) is 127 cm³/mol. The van der Waals surface area contributed by atoms with Gasteiger partial charge in [-0.2, -0.15) is 0 Å². The number of hydrogen-bond donors (Lipinski definition) is 1. The fourth-order valence-electron chi connectivity index (χ4n) is 4.01. The molecule has 0 radical (unpaired) electrons. The van der Waals surface area contributed by atoms with Crippen LogP contribution in [-0.4, -0.2) is 18.3 Å². The first-order chi connectivity index (χ1) is 15.6. The van der Waals surface area contributed by atoms with Gasteiger partial charge in [0.25, 0.3) is 0 Å². The summed E-state index contributed by atoms with van der Waals surface area (Å²) in [5.41, 5.74) is 3.69. The van der Waals surface area contributed by atoms with E-state index in [0.29, 0.717) is 6.61 Å². The van der Waals surface area contributed by atoms with Crippen LogP contribution in [0.2, 0.25) is 0 Å². The number of terminal acetylenes is 1. The Bertz CT molecular complexity index is 1060. The van der Waals surface area contributed by atoms with Crippen molar-refractivity contribution in [3.05, 3.63) is 95.6 Å². The van der Waals surface area contributed by atoms with Gasteiger partial charge in [-0.05, 0) is 43.2 Å².